The average Bonchev–Trinajstić information content (AvgIpc) is 2.20. The molecule has 8 heteroatoms. The zero-order valence-electron chi connectivity index (χ0n) is 10.1. The van der Waals surface area contributed by atoms with E-state index in [1.54, 1.807) is 0 Å². The third-order valence-electron chi connectivity index (χ3n) is 1.88. The van der Waals surface area contributed by atoms with E-state index >= 15 is 0 Å². The van der Waals surface area contributed by atoms with Crippen LogP contribution in [0.3, 0.4) is 0 Å². The van der Waals surface area contributed by atoms with Gasteiger partial charge in [0.05, 0.1) is 18.5 Å². The second-order valence-corrected chi connectivity index (χ2v) is 3.06. The molecular weight excluding hydrogens is 292 g/mol. The molecule has 0 saturated heterocycles. The van der Waals surface area contributed by atoms with Gasteiger partial charge in [0, 0.05) is 17.8 Å². The quantitative estimate of drug-likeness (QED) is 0.406. The Bertz CT molecular complexity index is 523. The summed E-state index contributed by atoms with van der Waals surface area (Å²) in [4.78, 5) is 32.1. The number of carbonyl (C=O) groups is 2. The Kier molecular flexibility index (Phi) is 11.5. The van der Waals surface area contributed by atoms with Crippen molar-refractivity contribution >= 4 is 11.9 Å². The van der Waals surface area contributed by atoms with Crippen molar-refractivity contribution in [3.8, 4) is 0 Å². The Morgan fingerprint density at radius 1 is 1.28 bits per heavy atom. The first-order valence-corrected chi connectivity index (χ1v) is 4.23. The van der Waals surface area contributed by atoms with Crippen molar-refractivity contribution in [2.45, 2.75) is 6.54 Å². The minimum absolute atomic E-state index is 0. The van der Waals surface area contributed by atoms with Gasteiger partial charge in [-0.05, 0) is 11.6 Å². The number of hydrogen-bond donors (Lipinski definition) is 0. The minimum Gasteiger partial charge on any atom is -0.545 e. The molecule has 0 aromatic carbocycles. The van der Waals surface area contributed by atoms with Crippen LogP contribution in [-0.2, 0) is 11.3 Å². The van der Waals surface area contributed by atoms with E-state index in [4.69, 9.17) is 0 Å². The minimum atomic E-state index is -1.47. The molecule has 1 aromatic heterocycles. The van der Waals surface area contributed by atoms with Crippen molar-refractivity contribution < 1.29 is 123 Å². The van der Waals surface area contributed by atoms with E-state index in [9.17, 15) is 24.6 Å². The molecule has 1 rings (SSSR count). The fraction of sp³-hybridized carbons (Fsp3) is 0.100. The Morgan fingerprint density at radius 3 is 2.22 bits per heavy atom. The van der Waals surface area contributed by atoms with Crippen molar-refractivity contribution in [2.24, 2.45) is 0 Å². The standard InChI is InChI=1S/C10H9NO5.2K/c1-6(9(13)14)5-11-3-2-7(10(15)16)4-8(11)12;;/h2-4H,1,5H2,(H,13,14)(H,15,16);;/q;2*+1/p-2. The molecule has 0 N–H and O–H groups in total. The SMILES string of the molecule is C=C(Cn1ccc(C(=O)[O-])cc1=O)C(=O)[O-].[K+].[K+]. The topological polar surface area (TPSA) is 102 Å². The van der Waals surface area contributed by atoms with Gasteiger partial charge in [0.25, 0.3) is 5.56 Å². The molecule has 0 bridgehead atoms. The fourth-order valence-electron chi connectivity index (χ4n) is 1.04. The van der Waals surface area contributed by atoms with E-state index in [-0.39, 0.29) is 120 Å². The molecule has 1 aromatic rings. The number of carboxylic acid groups (broad SMARTS) is 2. The zero-order valence-corrected chi connectivity index (χ0v) is 16.4. The van der Waals surface area contributed by atoms with Crippen LogP contribution in [0.4, 0.5) is 0 Å². The van der Waals surface area contributed by atoms with Crippen LogP contribution >= 0.6 is 0 Å². The predicted molar refractivity (Wildman–Crippen MR) is 49.2 cm³/mol. The molecule has 1 heterocycles. The van der Waals surface area contributed by atoms with Gasteiger partial charge in [-0.1, -0.05) is 6.58 Å². The molecule has 18 heavy (non-hydrogen) atoms. The third-order valence-corrected chi connectivity index (χ3v) is 1.88. The Hall–Kier alpha value is 0.903. The molecule has 0 atom stereocenters. The first kappa shape index (κ1) is 21.2. The van der Waals surface area contributed by atoms with Gasteiger partial charge < -0.3 is 24.4 Å². The summed E-state index contributed by atoms with van der Waals surface area (Å²) in [6, 6.07) is 1.98. The van der Waals surface area contributed by atoms with E-state index < -0.39 is 17.5 Å². The molecule has 84 valence electrons. The number of aliphatic carboxylic acids is 1. The second-order valence-electron chi connectivity index (χ2n) is 3.06. The zero-order chi connectivity index (χ0) is 12.3. The summed E-state index contributed by atoms with van der Waals surface area (Å²) in [5, 5.41) is 20.8. The largest absolute Gasteiger partial charge is 1.00 e. The van der Waals surface area contributed by atoms with Gasteiger partial charge in [-0.25, -0.2) is 0 Å². The molecule has 6 nitrogen and oxygen atoms in total. The van der Waals surface area contributed by atoms with Crippen molar-refractivity contribution in [2.75, 3.05) is 0 Å². The maximum Gasteiger partial charge on any atom is 1.00 e. The second kappa shape index (κ2) is 9.75. The molecule has 0 spiro atoms. The van der Waals surface area contributed by atoms with Gasteiger partial charge >= 0.3 is 103 Å². The smallest absolute Gasteiger partial charge is 0.545 e. The van der Waals surface area contributed by atoms with E-state index in [1.165, 1.54) is 0 Å². The van der Waals surface area contributed by atoms with Crippen LogP contribution in [-0.4, -0.2) is 16.5 Å². The van der Waals surface area contributed by atoms with E-state index in [0.717, 1.165) is 22.9 Å². The molecule has 0 unspecified atom stereocenters. The van der Waals surface area contributed by atoms with Crippen molar-refractivity contribution in [3.63, 3.8) is 0 Å². The number of carboxylic acids is 2. The summed E-state index contributed by atoms with van der Waals surface area (Å²) >= 11 is 0. The summed E-state index contributed by atoms with van der Waals surface area (Å²) in [5.41, 5.74) is -1.19. The number of hydrogen-bond acceptors (Lipinski definition) is 5. The maximum atomic E-state index is 11.3. The summed E-state index contributed by atoms with van der Waals surface area (Å²) in [5.74, 6) is -2.93. The van der Waals surface area contributed by atoms with E-state index in [1.807, 2.05) is 0 Å². The van der Waals surface area contributed by atoms with Crippen molar-refractivity contribution in [1.82, 2.24) is 4.57 Å². The summed E-state index contributed by atoms with van der Waals surface area (Å²) < 4.78 is 1.00. The monoisotopic (exact) mass is 299 g/mol. The molecule has 0 aliphatic heterocycles. The number of aromatic carboxylic acids is 1. The molecule has 0 amide bonds. The first-order chi connectivity index (χ1) is 7.41. The van der Waals surface area contributed by atoms with Crippen LogP contribution in [0.2, 0.25) is 0 Å². The summed E-state index contributed by atoms with van der Waals surface area (Å²) in [6.07, 6.45) is 1.15. The van der Waals surface area contributed by atoms with Crippen LogP contribution in [0.1, 0.15) is 10.4 Å². The summed E-state index contributed by atoms with van der Waals surface area (Å²) in [7, 11) is 0. The first-order valence-electron chi connectivity index (χ1n) is 4.23. The summed E-state index contributed by atoms with van der Waals surface area (Å²) in [6.45, 7) is 2.94. The van der Waals surface area contributed by atoms with E-state index in [0.29, 0.717) is 0 Å². The average molecular weight is 299 g/mol. The Balaban J connectivity index is 0. The number of nitrogens with zero attached hydrogens (tertiary/aromatic N) is 1. The van der Waals surface area contributed by atoms with Gasteiger partial charge in [0.1, 0.15) is 0 Å². The van der Waals surface area contributed by atoms with E-state index in [2.05, 4.69) is 6.58 Å². The molecule has 0 radical (unpaired) electrons. The predicted octanol–water partition coefficient (Wildman–Crippen LogP) is -8.47. The van der Waals surface area contributed by atoms with Crippen LogP contribution in [0, 0.1) is 0 Å². The van der Waals surface area contributed by atoms with Crippen LogP contribution < -0.4 is 119 Å². The molecule has 0 fully saturated rings. The van der Waals surface area contributed by atoms with Gasteiger partial charge in [-0.2, -0.15) is 0 Å². The molecular formula is C10H7K2NO5. The number of carbonyl (C=O) groups excluding carboxylic acids is 2. The van der Waals surface area contributed by atoms with Gasteiger partial charge in [0.2, 0.25) is 0 Å². The van der Waals surface area contributed by atoms with Crippen molar-refractivity contribution in [1.29, 1.82) is 0 Å². The van der Waals surface area contributed by atoms with Crippen LogP contribution in [0.5, 0.6) is 0 Å². The number of pyridine rings is 1. The fourth-order valence-corrected chi connectivity index (χ4v) is 1.04. The molecule has 0 saturated carbocycles. The normalized spacial score (nSPS) is 8.67. The van der Waals surface area contributed by atoms with Crippen LogP contribution in [0.25, 0.3) is 0 Å². The molecule has 0 aliphatic carbocycles. The van der Waals surface area contributed by atoms with Gasteiger partial charge in [0.15, 0.2) is 0 Å². The van der Waals surface area contributed by atoms with Gasteiger partial charge in [-0.15, -0.1) is 0 Å². The number of rotatable bonds is 4. The van der Waals surface area contributed by atoms with Crippen LogP contribution in [0.15, 0.2) is 35.3 Å². The maximum absolute atomic E-state index is 11.3. The third kappa shape index (κ3) is 6.37. The van der Waals surface area contributed by atoms with Gasteiger partial charge in [-0.3, -0.25) is 4.79 Å². The molecule has 0 aliphatic rings. The Morgan fingerprint density at radius 2 is 1.83 bits per heavy atom. The number of aromatic nitrogens is 1. The van der Waals surface area contributed by atoms with Crippen molar-refractivity contribution in [3.05, 3.63) is 46.4 Å². The Labute approximate surface area is 188 Å².